The highest BCUT2D eigenvalue weighted by Crippen LogP contribution is 2.31. The highest BCUT2D eigenvalue weighted by molar-refractivity contribution is 5.82. The third-order valence-electron chi connectivity index (χ3n) is 4.48. The van der Waals surface area contributed by atoms with E-state index in [0.717, 1.165) is 29.0 Å². The molecule has 1 aliphatic rings. The van der Waals surface area contributed by atoms with Crippen LogP contribution in [0.4, 0.5) is 4.39 Å². The van der Waals surface area contributed by atoms with Crippen LogP contribution in [0, 0.1) is 5.82 Å². The molecule has 4 rings (SSSR count). The maximum atomic E-state index is 13.7. The molecule has 0 bridgehead atoms. The second-order valence-electron chi connectivity index (χ2n) is 6.02. The van der Waals surface area contributed by atoms with E-state index in [0.29, 0.717) is 13.0 Å². The van der Waals surface area contributed by atoms with E-state index in [9.17, 15) is 9.18 Å². The van der Waals surface area contributed by atoms with Gasteiger partial charge in [0.25, 0.3) is 5.91 Å². The lowest BCUT2D eigenvalue weighted by Crippen LogP contribution is -2.37. The largest absolute Gasteiger partial charge is 0.477 e. The van der Waals surface area contributed by atoms with Crippen LogP contribution in [0.25, 0.3) is 11.0 Å². The first-order valence-corrected chi connectivity index (χ1v) is 8.33. The summed E-state index contributed by atoms with van der Waals surface area (Å²) in [6.45, 7) is 3.11. The molecule has 0 spiro atoms. The predicted octanol–water partition coefficient (Wildman–Crippen LogP) is 2.82. The molecule has 1 aliphatic heterocycles. The molecule has 5 nitrogen and oxygen atoms in total. The maximum Gasteiger partial charge on any atom is 0.261 e. The smallest absolute Gasteiger partial charge is 0.261 e. The quantitative estimate of drug-likeness (QED) is 0.795. The van der Waals surface area contributed by atoms with Crippen molar-refractivity contribution >= 4 is 16.9 Å². The van der Waals surface area contributed by atoms with Crippen molar-refractivity contribution in [1.29, 1.82) is 0 Å². The number of nitrogens with one attached hydrogen (secondary N) is 1. The zero-order valence-corrected chi connectivity index (χ0v) is 13.8. The zero-order chi connectivity index (χ0) is 17.4. The first kappa shape index (κ1) is 15.6. The molecule has 2 aromatic carbocycles. The maximum absolute atomic E-state index is 13.7. The number of hydrogen-bond donors (Lipinski definition) is 1. The summed E-state index contributed by atoms with van der Waals surface area (Å²) in [4.78, 5) is 17.0. The predicted molar refractivity (Wildman–Crippen MR) is 91.8 cm³/mol. The van der Waals surface area contributed by atoms with E-state index in [1.165, 1.54) is 6.07 Å². The van der Waals surface area contributed by atoms with E-state index in [2.05, 4.69) is 14.9 Å². The summed E-state index contributed by atoms with van der Waals surface area (Å²) in [5, 5.41) is 2.86. The van der Waals surface area contributed by atoms with Gasteiger partial charge in [-0.05, 0) is 25.1 Å². The number of aromatic nitrogens is 2. The van der Waals surface area contributed by atoms with Gasteiger partial charge < -0.3 is 14.6 Å². The molecule has 128 valence electrons. The van der Waals surface area contributed by atoms with Gasteiger partial charge in [0.1, 0.15) is 5.82 Å². The highest BCUT2D eigenvalue weighted by atomic mass is 19.1. The molecular weight excluding hydrogens is 321 g/mol. The fraction of sp³-hybridized carbons (Fsp3) is 0.263. The summed E-state index contributed by atoms with van der Waals surface area (Å²) in [5.41, 5.74) is 2.67. The molecule has 0 radical (unpaired) electrons. The number of ether oxygens (including phenoxy) is 1. The van der Waals surface area contributed by atoms with Gasteiger partial charge in [-0.1, -0.05) is 24.3 Å². The topological polar surface area (TPSA) is 56.2 Å². The summed E-state index contributed by atoms with van der Waals surface area (Å²) in [6.07, 6.45) is -0.324. The van der Waals surface area contributed by atoms with Crippen molar-refractivity contribution < 1.29 is 13.9 Å². The Morgan fingerprint density at radius 3 is 2.96 bits per heavy atom. The molecule has 0 aliphatic carbocycles. The Balaban J connectivity index is 1.47. The third kappa shape index (κ3) is 2.73. The van der Waals surface area contributed by atoms with Gasteiger partial charge in [-0.15, -0.1) is 0 Å². The average Bonchev–Trinajstić information content (AvgIpc) is 3.21. The number of rotatable bonds is 4. The van der Waals surface area contributed by atoms with E-state index < -0.39 is 11.9 Å². The van der Waals surface area contributed by atoms with E-state index in [1.807, 2.05) is 31.2 Å². The number of fused-ring (bicyclic) bond motifs is 2. The molecule has 0 fully saturated rings. The number of para-hydroxylation sites is 3. The number of benzene rings is 2. The summed E-state index contributed by atoms with van der Waals surface area (Å²) in [5.74, 6) is 0.285. The molecule has 1 aromatic heterocycles. The summed E-state index contributed by atoms with van der Waals surface area (Å²) in [7, 11) is 0. The normalized spacial score (nSPS) is 15.8. The Bertz CT molecular complexity index is 951. The number of hydrogen-bond acceptors (Lipinski definition) is 3. The van der Waals surface area contributed by atoms with Crippen LogP contribution in [-0.4, -0.2) is 21.6 Å². The fourth-order valence-corrected chi connectivity index (χ4v) is 3.27. The van der Waals surface area contributed by atoms with Crippen LogP contribution in [0.1, 0.15) is 18.3 Å². The lowest BCUT2D eigenvalue weighted by molar-refractivity contribution is -0.127. The first-order chi connectivity index (χ1) is 12.2. The number of amides is 1. The number of carbonyl (C=O) groups is 1. The minimum Gasteiger partial charge on any atom is -0.477 e. The minimum atomic E-state index is -0.702. The van der Waals surface area contributed by atoms with Crippen LogP contribution < -0.4 is 10.1 Å². The SMILES string of the molecule is CCn1c(CNC(=O)C2Cc3cccc(F)c3O2)nc2ccccc21. The molecule has 3 aromatic rings. The summed E-state index contributed by atoms with van der Waals surface area (Å²) >= 11 is 0. The number of halogens is 1. The van der Waals surface area contributed by atoms with Crippen LogP contribution in [0.5, 0.6) is 5.75 Å². The van der Waals surface area contributed by atoms with Crippen molar-refractivity contribution in [2.24, 2.45) is 0 Å². The molecule has 0 saturated heterocycles. The molecule has 6 heteroatoms. The average molecular weight is 339 g/mol. The summed E-state index contributed by atoms with van der Waals surface area (Å²) < 4.78 is 21.3. The molecule has 1 amide bonds. The first-order valence-electron chi connectivity index (χ1n) is 8.33. The van der Waals surface area contributed by atoms with Crippen molar-refractivity contribution in [1.82, 2.24) is 14.9 Å². The van der Waals surface area contributed by atoms with Crippen molar-refractivity contribution in [2.45, 2.75) is 32.5 Å². The lowest BCUT2D eigenvalue weighted by atomic mass is 10.1. The van der Waals surface area contributed by atoms with E-state index >= 15 is 0 Å². The third-order valence-corrected chi connectivity index (χ3v) is 4.48. The fourth-order valence-electron chi connectivity index (χ4n) is 3.27. The van der Waals surface area contributed by atoms with Gasteiger partial charge in [-0.25, -0.2) is 9.37 Å². The number of aryl methyl sites for hydroxylation is 1. The Morgan fingerprint density at radius 2 is 2.16 bits per heavy atom. The van der Waals surface area contributed by atoms with Crippen molar-refractivity contribution in [3.05, 3.63) is 59.7 Å². The Labute approximate surface area is 144 Å². The molecular formula is C19H18FN3O2. The highest BCUT2D eigenvalue weighted by Gasteiger charge is 2.31. The Kier molecular flexibility index (Phi) is 3.87. The Hall–Kier alpha value is -2.89. The number of imidazole rings is 1. The van der Waals surface area contributed by atoms with Crippen LogP contribution >= 0.6 is 0 Å². The van der Waals surface area contributed by atoms with Gasteiger partial charge in [0.2, 0.25) is 0 Å². The molecule has 2 heterocycles. The van der Waals surface area contributed by atoms with Gasteiger partial charge in [0.05, 0.1) is 17.6 Å². The molecule has 0 saturated carbocycles. The van der Waals surface area contributed by atoms with Gasteiger partial charge in [-0.3, -0.25) is 4.79 Å². The minimum absolute atomic E-state index is 0.184. The molecule has 25 heavy (non-hydrogen) atoms. The van der Waals surface area contributed by atoms with Crippen LogP contribution in [-0.2, 0) is 24.3 Å². The van der Waals surface area contributed by atoms with Gasteiger partial charge in [0.15, 0.2) is 17.7 Å². The van der Waals surface area contributed by atoms with Gasteiger partial charge in [0, 0.05) is 18.5 Å². The van der Waals surface area contributed by atoms with Gasteiger partial charge in [-0.2, -0.15) is 0 Å². The van der Waals surface area contributed by atoms with Crippen LogP contribution in [0.3, 0.4) is 0 Å². The van der Waals surface area contributed by atoms with Crippen LogP contribution in [0.2, 0.25) is 0 Å². The van der Waals surface area contributed by atoms with Gasteiger partial charge >= 0.3 is 0 Å². The molecule has 1 N–H and O–H groups in total. The standard InChI is InChI=1S/C19H18FN3O2/c1-2-23-15-9-4-3-8-14(15)22-17(23)11-21-19(24)16-10-12-6-5-7-13(20)18(12)25-16/h3-9,16H,2,10-11H2,1H3,(H,21,24). The number of carbonyl (C=O) groups excluding carboxylic acids is 1. The second-order valence-corrected chi connectivity index (χ2v) is 6.02. The monoisotopic (exact) mass is 339 g/mol. The second kappa shape index (κ2) is 6.20. The molecule has 1 atom stereocenters. The van der Waals surface area contributed by atoms with Crippen molar-refractivity contribution in [3.8, 4) is 5.75 Å². The number of nitrogens with zero attached hydrogens (tertiary/aromatic N) is 2. The van der Waals surface area contributed by atoms with E-state index in [1.54, 1.807) is 12.1 Å². The zero-order valence-electron chi connectivity index (χ0n) is 13.8. The Morgan fingerprint density at radius 1 is 1.32 bits per heavy atom. The van der Waals surface area contributed by atoms with E-state index in [4.69, 9.17) is 4.74 Å². The van der Waals surface area contributed by atoms with Crippen LogP contribution in [0.15, 0.2) is 42.5 Å². The van der Waals surface area contributed by atoms with Crippen molar-refractivity contribution in [3.63, 3.8) is 0 Å². The lowest BCUT2D eigenvalue weighted by Gasteiger charge is -2.12. The van der Waals surface area contributed by atoms with E-state index in [-0.39, 0.29) is 11.7 Å². The van der Waals surface area contributed by atoms with Crippen molar-refractivity contribution in [2.75, 3.05) is 0 Å². The molecule has 1 unspecified atom stereocenters. The summed E-state index contributed by atoms with van der Waals surface area (Å²) in [6, 6.07) is 12.6.